The summed E-state index contributed by atoms with van der Waals surface area (Å²) in [6.45, 7) is 10.4. The Kier molecular flexibility index (Phi) is 5.96. The molecule has 0 aliphatic carbocycles. The van der Waals surface area contributed by atoms with E-state index >= 15 is 0 Å². The Balaban J connectivity index is 2.59. The molecule has 0 bridgehead atoms. The van der Waals surface area contributed by atoms with Gasteiger partial charge in [0.15, 0.2) is 0 Å². The molecule has 17 heavy (non-hydrogen) atoms. The molecule has 0 saturated carbocycles. The maximum atomic E-state index is 12.5. The van der Waals surface area contributed by atoms with E-state index in [0.717, 1.165) is 31.8 Å². The molecule has 0 aromatic rings. The third-order valence-corrected chi connectivity index (χ3v) is 3.76. The summed E-state index contributed by atoms with van der Waals surface area (Å²) in [5.74, 6) is 1.03. The normalized spacial score (nSPS) is 25.0. The molecule has 0 aromatic heterocycles. The summed E-state index contributed by atoms with van der Waals surface area (Å²) < 4.78 is 0. The van der Waals surface area contributed by atoms with Crippen LogP contribution in [0.2, 0.25) is 0 Å². The van der Waals surface area contributed by atoms with Crippen molar-refractivity contribution in [3.63, 3.8) is 0 Å². The van der Waals surface area contributed by atoms with Crippen LogP contribution in [0.1, 0.15) is 53.4 Å². The number of hydrogen-bond acceptors (Lipinski definition) is 2. The van der Waals surface area contributed by atoms with Gasteiger partial charge in [0, 0.05) is 12.6 Å². The summed E-state index contributed by atoms with van der Waals surface area (Å²) in [6, 6.07) is 0.369. The van der Waals surface area contributed by atoms with Gasteiger partial charge in [-0.05, 0) is 45.6 Å². The van der Waals surface area contributed by atoms with Crippen molar-refractivity contribution in [1.82, 2.24) is 10.2 Å². The van der Waals surface area contributed by atoms with E-state index in [4.69, 9.17) is 0 Å². The van der Waals surface area contributed by atoms with E-state index in [1.165, 1.54) is 12.8 Å². The Labute approximate surface area is 106 Å². The molecular weight excluding hydrogens is 212 g/mol. The highest BCUT2D eigenvalue weighted by molar-refractivity contribution is 5.82. The first-order valence-electron chi connectivity index (χ1n) is 7.13. The molecule has 1 N–H and O–H groups in total. The van der Waals surface area contributed by atoms with Crippen molar-refractivity contribution in [2.24, 2.45) is 5.92 Å². The van der Waals surface area contributed by atoms with Crippen LogP contribution >= 0.6 is 0 Å². The Bertz CT molecular complexity index is 240. The highest BCUT2D eigenvalue weighted by Gasteiger charge is 2.29. The molecule has 2 unspecified atom stereocenters. The first-order valence-corrected chi connectivity index (χ1v) is 7.13. The quantitative estimate of drug-likeness (QED) is 0.800. The van der Waals surface area contributed by atoms with E-state index in [0.29, 0.717) is 11.9 Å². The summed E-state index contributed by atoms with van der Waals surface area (Å²) in [4.78, 5) is 14.5. The lowest BCUT2D eigenvalue weighted by Gasteiger charge is -2.35. The molecule has 3 nitrogen and oxygen atoms in total. The molecule has 0 radical (unpaired) electrons. The molecule has 2 atom stereocenters. The molecule has 0 aromatic carbocycles. The van der Waals surface area contributed by atoms with E-state index in [2.05, 4.69) is 33.0 Å². The highest BCUT2D eigenvalue weighted by atomic mass is 16.2. The third kappa shape index (κ3) is 3.98. The number of amides is 1. The summed E-state index contributed by atoms with van der Waals surface area (Å²) in [5, 5.41) is 3.39. The van der Waals surface area contributed by atoms with Crippen LogP contribution in [0.3, 0.4) is 0 Å². The first-order chi connectivity index (χ1) is 8.10. The standard InChI is InChI=1S/C14H28N2O/c1-5-9-16(11(3)4)14(17)13-10-12(6-2)7-8-15-13/h11-13,15H,5-10H2,1-4H3. The predicted octanol–water partition coefficient (Wildman–Crippen LogP) is 2.41. The molecule has 1 saturated heterocycles. The van der Waals surface area contributed by atoms with Gasteiger partial charge in [0.1, 0.15) is 0 Å². The minimum atomic E-state index is 0.0580. The van der Waals surface area contributed by atoms with Crippen molar-refractivity contribution in [2.75, 3.05) is 13.1 Å². The van der Waals surface area contributed by atoms with E-state index in [1.807, 2.05) is 4.90 Å². The number of rotatable bonds is 5. The SMILES string of the molecule is CCCN(C(=O)C1CC(CC)CCN1)C(C)C. The lowest BCUT2D eigenvalue weighted by Crippen LogP contribution is -2.52. The van der Waals surface area contributed by atoms with Crippen LogP contribution < -0.4 is 5.32 Å². The molecule has 1 amide bonds. The van der Waals surface area contributed by atoms with Crippen molar-refractivity contribution in [1.29, 1.82) is 0 Å². The summed E-state index contributed by atoms with van der Waals surface area (Å²) in [6.07, 6.45) is 4.47. The largest absolute Gasteiger partial charge is 0.339 e. The number of hydrogen-bond donors (Lipinski definition) is 1. The smallest absolute Gasteiger partial charge is 0.239 e. The number of piperidine rings is 1. The van der Waals surface area contributed by atoms with E-state index in [1.54, 1.807) is 0 Å². The number of carbonyl (C=O) groups excluding carboxylic acids is 1. The fraction of sp³-hybridized carbons (Fsp3) is 0.929. The average Bonchev–Trinajstić information content (AvgIpc) is 2.34. The van der Waals surface area contributed by atoms with Gasteiger partial charge >= 0.3 is 0 Å². The van der Waals surface area contributed by atoms with Crippen LogP contribution in [0, 0.1) is 5.92 Å². The lowest BCUT2D eigenvalue weighted by atomic mass is 9.89. The van der Waals surface area contributed by atoms with Crippen LogP contribution in [0.4, 0.5) is 0 Å². The molecule has 1 heterocycles. The zero-order chi connectivity index (χ0) is 12.8. The van der Waals surface area contributed by atoms with Gasteiger partial charge in [-0.1, -0.05) is 20.3 Å². The van der Waals surface area contributed by atoms with Gasteiger partial charge in [0.25, 0.3) is 0 Å². The minimum absolute atomic E-state index is 0.0580. The van der Waals surface area contributed by atoms with Crippen molar-refractivity contribution in [2.45, 2.75) is 65.5 Å². The van der Waals surface area contributed by atoms with Gasteiger partial charge in [0.2, 0.25) is 5.91 Å². The Morgan fingerprint density at radius 1 is 1.41 bits per heavy atom. The van der Waals surface area contributed by atoms with E-state index < -0.39 is 0 Å². The predicted molar refractivity (Wildman–Crippen MR) is 71.9 cm³/mol. The van der Waals surface area contributed by atoms with Crippen molar-refractivity contribution in [3.05, 3.63) is 0 Å². The average molecular weight is 240 g/mol. The van der Waals surface area contributed by atoms with Gasteiger partial charge in [-0.2, -0.15) is 0 Å². The van der Waals surface area contributed by atoms with Crippen molar-refractivity contribution >= 4 is 5.91 Å². The van der Waals surface area contributed by atoms with Gasteiger partial charge in [-0.3, -0.25) is 4.79 Å². The van der Waals surface area contributed by atoms with Gasteiger partial charge in [-0.25, -0.2) is 0 Å². The van der Waals surface area contributed by atoms with Crippen LogP contribution in [0.25, 0.3) is 0 Å². The fourth-order valence-electron chi connectivity index (χ4n) is 2.62. The highest BCUT2D eigenvalue weighted by Crippen LogP contribution is 2.21. The maximum Gasteiger partial charge on any atom is 0.239 e. The van der Waals surface area contributed by atoms with Gasteiger partial charge in [0.05, 0.1) is 6.04 Å². The Hall–Kier alpha value is -0.570. The van der Waals surface area contributed by atoms with Crippen LogP contribution in [0.15, 0.2) is 0 Å². The summed E-state index contributed by atoms with van der Waals surface area (Å²) in [5.41, 5.74) is 0. The number of carbonyl (C=O) groups is 1. The Morgan fingerprint density at radius 2 is 2.12 bits per heavy atom. The number of nitrogens with zero attached hydrogens (tertiary/aromatic N) is 1. The molecule has 1 rings (SSSR count). The van der Waals surface area contributed by atoms with Gasteiger partial charge < -0.3 is 10.2 Å². The molecule has 0 spiro atoms. The van der Waals surface area contributed by atoms with E-state index in [-0.39, 0.29) is 6.04 Å². The monoisotopic (exact) mass is 240 g/mol. The fourth-order valence-corrected chi connectivity index (χ4v) is 2.62. The van der Waals surface area contributed by atoms with Crippen LogP contribution in [-0.4, -0.2) is 36.0 Å². The molecule has 3 heteroatoms. The maximum absolute atomic E-state index is 12.5. The van der Waals surface area contributed by atoms with Crippen molar-refractivity contribution < 1.29 is 4.79 Å². The Morgan fingerprint density at radius 3 is 2.65 bits per heavy atom. The summed E-state index contributed by atoms with van der Waals surface area (Å²) >= 11 is 0. The molecular formula is C14H28N2O. The first kappa shape index (κ1) is 14.5. The molecule has 1 aliphatic heterocycles. The summed E-state index contributed by atoms with van der Waals surface area (Å²) in [7, 11) is 0. The zero-order valence-corrected chi connectivity index (χ0v) is 11.8. The topological polar surface area (TPSA) is 32.3 Å². The lowest BCUT2D eigenvalue weighted by molar-refractivity contribution is -0.136. The second-order valence-electron chi connectivity index (χ2n) is 5.43. The zero-order valence-electron chi connectivity index (χ0n) is 11.8. The van der Waals surface area contributed by atoms with Crippen LogP contribution in [-0.2, 0) is 4.79 Å². The third-order valence-electron chi connectivity index (χ3n) is 3.76. The second kappa shape index (κ2) is 7.00. The molecule has 100 valence electrons. The van der Waals surface area contributed by atoms with Gasteiger partial charge in [-0.15, -0.1) is 0 Å². The van der Waals surface area contributed by atoms with Crippen molar-refractivity contribution in [3.8, 4) is 0 Å². The minimum Gasteiger partial charge on any atom is -0.339 e. The number of nitrogens with one attached hydrogen (secondary N) is 1. The molecule has 1 fully saturated rings. The second-order valence-corrected chi connectivity index (χ2v) is 5.43. The van der Waals surface area contributed by atoms with E-state index in [9.17, 15) is 4.79 Å². The van der Waals surface area contributed by atoms with Crippen LogP contribution in [0.5, 0.6) is 0 Å². The molecule has 1 aliphatic rings.